The van der Waals surface area contributed by atoms with Crippen molar-refractivity contribution in [3.63, 3.8) is 0 Å². The molecule has 1 saturated heterocycles. The standard InChI is InChI=1S/C18H29N3O3/c1-2-13-8-10-18(11-9-13)16(23)21(17(24)20-18)12-15(22)19-14-6-4-3-5-7-14/h13-14H,2-12H2,1H3,(H,19,22)(H,20,24). The largest absolute Gasteiger partial charge is 0.352 e. The van der Waals surface area contributed by atoms with Gasteiger partial charge in [-0.3, -0.25) is 14.5 Å². The van der Waals surface area contributed by atoms with Crippen molar-refractivity contribution in [2.24, 2.45) is 5.92 Å². The summed E-state index contributed by atoms with van der Waals surface area (Å²) in [5.41, 5.74) is -0.756. The van der Waals surface area contributed by atoms with E-state index in [-0.39, 0.29) is 24.4 Å². The molecule has 24 heavy (non-hydrogen) atoms. The van der Waals surface area contributed by atoms with E-state index >= 15 is 0 Å². The SMILES string of the molecule is CCC1CCC2(CC1)NC(=O)N(CC(=O)NC1CCCCC1)C2=O. The molecule has 1 heterocycles. The number of nitrogens with zero attached hydrogens (tertiary/aromatic N) is 1. The number of imide groups is 1. The number of rotatable bonds is 4. The molecule has 4 amide bonds. The first-order valence-corrected chi connectivity index (χ1v) is 9.47. The Morgan fingerprint density at radius 1 is 1.17 bits per heavy atom. The normalized spacial score (nSPS) is 31.4. The van der Waals surface area contributed by atoms with Gasteiger partial charge in [-0.2, -0.15) is 0 Å². The van der Waals surface area contributed by atoms with Crippen LogP contribution < -0.4 is 10.6 Å². The fourth-order valence-corrected chi connectivity index (χ4v) is 4.40. The molecule has 2 saturated carbocycles. The van der Waals surface area contributed by atoms with E-state index < -0.39 is 11.6 Å². The van der Waals surface area contributed by atoms with E-state index in [1.807, 2.05) is 0 Å². The van der Waals surface area contributed by atoms with Gasteiger partial charge in [-0.1, -0.05) is 32.6 Å². The maximum atomic E-state index is 12.8. The van der Waals surface area contributed by atoms with Gasteiger partial charge in [0.2, 0.25) is 5.91 Å². The van der Waals surface area contributed by atoms with Crippen LogP contribution >= 0.6 is 0 Å². The molecule has 0 unspecified atom stereocenters. The molecule has 0 aromatic carbocycles. The maximum absolute atomic E-state index is 12.8. The number of amides is 4. The van der Waals surface area contributed by atoms with Crippen LogP contribution in [0, 0.1) is 5.92 Å². The Morgan fingerprint density at radius 2 is 1.83 bits per heavy atom. The number of carbonyl (C=O) groups is 3. The van der Waals surface area contributed by atoms with E-state index in [0.717, 1.165) is 49.8 Å². The molecule has 0 aromatic rings. The van der Waals surface area contributed by atoms with E-state index in [9.17, 15) is 14.4 Å². The van der Waals surface area contributed by atoms with Crippen LogP contribution in [0.1, 0.15) is 71.1 Å². The smallest absolute Gasteiger partial charge is 0.325 e. The molecule has 0 aromatic heterocycles. The summed E-state index contributed by atoms with van der Waals surface area (Å²) in [6, 6.07) is -0.213. The fraction of sp³-hybridized carbons (Fsp3) is 0.833. The van der Waals surface area contributed by atoms with Crippen LogP contribution in [0.25, 0.3) is 0 Å². The third kappa shape index (κ3) is 3.42. The van der Waals surface area contributed by atoms with Crippen molar-refractivity contribution in [2.75, 3.05) is 6.54 Å². The van der Waals surface area contributed by atoms with Crippen molar-refractivity contribution in [1.82, 2.24) is 15.5 Å². The Balaban J connectivity index is 1.57. The minimum Gasteiger partial charge on any atom is -0.352 e. The second kappa shape index (κ2) is 7.11. The molecule has 0 bridgehead atoms. The van der Waals surface area contributed by atoms with E-state index in [1.165, 1.54) is 6.42 Å². The molecular formula is C18H29N3O3. The summed E-state index contributed by atoms with van der Waals surface area (Å²) < 4.78 is 0. The fourth-order valence-electron chi connectivity index (χ4n) is 4.40. The number of carbonyl (C=O) groups excluding carboxylic acids is 3. The molecule has 3 aliphatic rings. The number of hydrogen-bond donors (Lipinski definition) is 2. The van der Waals surface area contributed by atoms with Gasteiger partial charge in [-0.05, 0) is 44.4 Å². The zero-order valence-electron chi connectivity index (χ0n) is 14.6. The van der Waals surface area contributed by atoms with Crippen LogP contribution in [0.3, 0.4) is 0 Å². The summed E-state index contributed by atoms with van der Waals surface area (Å²) in [5.74, 6) is 0.217. The molecule has 6 heteroatoms. The first-order valence-electron chi connectivity index (χ1n) is 9.47. The van der Waals surface area contributed by atoms with Gasteiger partial charge in [0.1, 0.15) is 12.1 Å². The quantitative estimate of drug-likeness (QED) is 0.774. The molecule has 3 fully saturated rings. The van der Waals surface area contributed by atoms with Gasteiger partial charge in [0, 0.05) is 6.04 Å². The average molecular weight is 335 g/mol. The van der Waals surface area contributed by atoms with Gasteiger partial charge < -0.3 is 10.6 Å². The maximum Gasteiger partial charge on any atom is 0.325 e. The summed E-state index contributed by atoms with van der Waals surface area (Å²) in [6.45, 7) is 2.01. The molecule has 2 aliphatic carbocycles. The number of urea groups is 1. The average Bonchev–Trinajstić information content (AvgIpc) is 2.81. The minimum absolute atomic E-state index is 0.153. The van der Waals surface area contributed by atoms with Gasteiger partial charge in [0.25, 0.3) is 5.91 Å². The van der Waals surface area contributed by atoms with Crippen LogP contribution in [-0.2, 0) is 9.59 Å². The molecule has 0 radical (unpaired) electrons. The molecule has 3 rings (SSSR count). The van der Waals surface area contributed by atoms with Crippen LogP contribution in [-0.4, -0.2) is 40.9 Å². The zero-order chi connectivity index (χ0) is 17.2. The molecule has 1 spiro atoms. The Kier molecular flexibility index (Phi) is 5.11. The second-order valence-corrected chi connectivity index (χ2v) is 7.66. The van der Waals surface area contributed by atoms with E-state index in [0.29, 0.717) is 18.8 Å². The molecule has 134 valence electrons. The highest BCUT2D eigenvalue weighted by Gasteiger charge is 2.52. The van der Waals surface area contributed by atoms with Gasteiger partial charge in [0.05, 0.1) is 0 Å². The van der Waals surface area contributed by atoms with Gasteiger partial charge in [-0.15, -0.1) is 0 Å². The van der Waals surface area contributed by atoms with Crippen LogP contribution in [0.4, 0.5) is 4.79 Å². The lowest BCUT2D eigenvalue weighted by Gasteiger charge is -2.34. The van der Waals surface area contributed by atoms with Gasteiger partial charge in [-0.25, -0.2) is 4.79 Å². The van der Waals surface area contributed by atoms with E-state index in [4.69, 9.17) is 0 Å². The van der Waals surface area contributed by atoms with E-state index in [1.54, 1.807) is 0 Å². The van der Waals surface area contributed by atoms with Crippen molar-refractivity contribution < 1.29 is 14.4 Å². The zero-order valence-corrected chi connectivity index (χ0v) is 14.6. The van der Waals surface area contributed by atoms with Crippen molar-refractivity contribution in [3.8, 4) is 0 Å². The molecular weight excluding hydrogens is 306 g/mol. The summed E-state index contributed by atoms with van der Waals surface area (Å²) in [4.78, 5) is 38.4. The molecule has 2 N–H and O–H groups in total. The minimum atomic E-state index is -0.756. The predicted molar refractivity (Wildman–Crippen MR) is 90.2 cm³/mol. The summed E-state index contributed by atoms with van der Waals surface area (Å²) in [5, 5.41) is 5.86. The lowest BCUT2D eigenvalue weighted by molar-refractivity contribution is -0.136. The summed E-state index contributed by atoms with van der Waals surface area (Å²) >= 11 is 0. The van der Waals surface area contributed by atoms with Crippen molar-refractivity contribution in [3.05, 3.63) is 0 Å². The van der Waals surface area contributed by atoms with Crippen molar-refractivity contribution in [1.29, 1.82) is 0 Å². The lowest BCUT2D eigenvalue weighted by Crippen LogP contribution is -2.50. The molecule has 0 atom stereocenters. The van der Waals surface area contributed by atoms with Gasteiger partial charge >= 0.3 is 6.03 Å². The van der Waals surface area contributed by atoms with Crippen molar-refractivity contribution >= 4 is 17.8 Å². The highest BCUT2D eigenvalue weighted by molar-refractivity contribution is 6.09. The highest BCUT2D eigenvalue weighted by atomic mass is 16.2. The monoisotopic (exact) mass is 335 g/mol. The number of nitrogens with one attached hydrogen (secondary N) is 2. The topological polar surface area (TPSA) is 78.5 Å². The molecule has 6 nitrogen and oxygen atoms in total. The summed E-state index contributed by atoms with van der Waals surface area (Å²) in [7, 11) is 0. The lowest BCUT2D eigenvalue weighted by atomic mass is 9.75. The van der Waals surface area contributed by atoms with E-state index in [2.05, 4.69) is 17.6 Å². The molecule has 1 aliphatic heterocycles. The summed E-state index contributed by atoms with van der Waals surface area (Å²) in [6.07, 6.45) is 9.91. The number of hydrogen-bond acceptors (Lipinski definition) is 3. The Morgan fingerprint density at radius 3 is 2.46 bits per heavy atom. The predicted octanol–water partition coefficient (Wildman–Crippen LogP) is 2.33. The Hall–Kier alpha value is -1.59. The Bertz CT molecular complexity index is 506. The van der Waals surface area contributed by atoms with Crippen LogP contribution in [0.2, 0.25) is 0 Å². The second-order valence-electron chi connectivity index (χ2n) is 7.66. The first-order chi connectivity index (χ1) is 11.5. The first kappa shape index (κ1) is 17.2. The van der Waals surface area contributed by atoms with Crippen LogP contribution in [0.5, 0.6) is 0 Å². The van der Waals surface area contributed by atoms with Crippen LogP contribution in [0.15, 0.2) is 0 Å². The van der Waals surface area contributed by atoms with Crippen molar-refractivity contribution in [2.45, 2.75) is 82.7 Å². The van der Waals surface area contributed by atoms with Gasteiger partial charge in [0.15, 0.2) is 0 Å². The third-order valence-corrected chi connectivity index (χ3v) is 6.05. The third-order valence-electron chi connectivity index (χ3n) is 6.05. The highest BCUT2D eigenvalue weighted by Crippen LogP contribution is 2.37. The Labute approximate surface area is 143 Å².